The van der Waals surface area contributed by atoms with Gasteiger partial charge in [0.15, 0.2) is 0 Å². The van der Waals surface area contributed by atoms with Crippen LogP contribution in [0.5, 0.6) is 5.75 Å². The second kappa shape index (κ2) is 8.70. The number of esters is 1. The Morgan fingerprint density at radius 3 is 2.50 bits per heavy atom. The third-order valence-corrected chi connectivity index (χ3v) is 5.39. The maximum atomic E-state index is 12.4. The summed E-state index contributed by atoms with van der Waals surface area (Å²) in [7, 11) is 0. The van der Waals surface area contributed by atoms with Crippen LogP contribution in [-0.2, 0) is 11.2 Å². The summed E-state index contributed by atoms with van der Waals surface area (Å²) in [6, 6.07) is 10.1. The second-order valence-electron chi connectivity index (χ2n) is 7.07. The van der Waals surface area contributed by atoms with Gasteiger partial charge in [-0.15, -0.1) is 0 Å². The summed E-state index contributed by atoms with van der Waals surface area (Å²) in [5.41, 5.74) is 5.65. The molecular formula is C23H26ClNO3. The van der Waals surface area contributed by atoms with Gasteiger partial charge in [0.1, 0.15) is 11.4 Å². The summed E-state index contributed by atoms with van der Waals surface area (Å²) in [6.45, 7) is 8.71. The lowest BCUT2D eigenvalue weighted by Crippen LogP contribution is -2.09. The van der Waals surface area contributed by atoms with Gasteiger partial charge in [-0.1, -0.05) is 23.7 Å². The van der Waals surface area contributed by atoms with E-state index in [1.807, 2.05) is 39.8 Å². The fraction of sp³-hybridized carbons (Fsp3) is 0.348. The molecule has 4 nitrogen and oxygen atoms in total. The van der Waals surface area contributed by atoms with Crippen molar-refractivity contribution in [3.05, 3.63) is 63.3 Å². The molecule has 0 aliphatic rings. The maximum Gasteiger partial charge on any atom is 0.355 e. The number of benzene rings is 2. The fourth-order valence-corrected chi connectivity index (χ4v) is 3.54. The minimum absolute atomic E-state index is 0.309. The standard InChI is InChI=1S/C23H26ClNO3/c1-5-27-23(26)22-19(18-9-8-14(2)11-20(18)25-22)7-6-10-28-17-12-15(3)21(24)16(4)13-17/h8-9,11-13,25H,5-7,10H2,1-4H3. The Morgan fingerprint density at radius 1 is 1.11 bits per heavy atom. The molecule has 1 heterocycles. The van der Waals surface area contributed by atoms with E-state index in [2.05, 4.69) is 23.2 Å². The molecule has 5 heteroatoms. The zero-order chi connectivity index (χ0) is 20.3. The van der Waals surface area contributed by atoms with Gasteiger partial charge in [-0.25, -0.2) is 4.79 Å². The molecule has 0 aliphatic carbocycles. The minimum atomic E-state index is -0.309. The van der Waals surface area contributed by atoms with E-state index in [4.69, 9.17) is 21.1 Å². The number of aryl methyl sites for hydroxylation is 4. The summed E-state index contributed by atoms with van der Waals surface area (Å²) >= 11 is 6.21. The average molecular weight is 400 g/mol. The first-order valence-electron chi connectivity index (χ1n) is 9.58. The van der Waals surface area contributed by atoms with Gasteiger partial charge >= 0.3 is 5.97 Å². The van der Waals surface area contributed by atoms with Crippen LogP contribution in [0.1, 0.15) is 46.1 Å². The molecule has 1 N–H and O–H groups in total. The second-order valence-corrected chi connectivity index (χ2v) is 7.45. The highest BCUT2D eigenvalue weighted by atomic mass is 35.5. The highest BCUT2D eigenvalue weighted by molar-refractivity contribution is 6.32. The minimum Gasteiger partial charge on any atom is -0.494 e. The molecule has 0 saturated heterocycles. The summed E-state index contributed by atoms with van der Waals surface area (Å²) in [6.07, 6.45) is 1.51. The zero-order valence-corrected chi connectivity index (χ0v) is 17.6. The molecule has 0 radical (unpaired) electrons. The number of halogens is 1. The number of carbonyl (C=O) groups excluding carboxylic acids is 1. The first-order valence-corrected chi connectivity index (χ1v) is 9.96. The highest BCUT2D eigenvalue weighted by Gasteiger charge is 2.18. The van der Waals surface area contributed by atoms with E-state index in [1.165, 1.54) is 0 Å². The zero-order valence-electron chi connectivity index (χ0n) is 16.8. The molecule has 1 aromatic heterocycles. The van der Waals surface area contributed by atoms with Gasteiger partial charge in [0.25, 0.3) is 0 Å². The maximum absolute atomic E-state index is 12.4. The van der Waals surface area contributed by atoms with Crippen LogP contribution in [-0.4, -0.2) is 24.2 Å². The average Bonchev–Trinajstić information content (AvgIpc) is 3.01. The Bertz CT molecular complexity index is 983. The molecule has 0 saturated carbocycles. The molecule has 2 aromatic carbocycles. The van der Waals surface area contributed by atoms with Crippen LogP contribution in [0, 0.1) is 20.8 Å². The quantitative estimate of drug-likeness (QED) is 0.395. The molecule has 0 spiro atoms. The van der Waals surface area contributed by atoms with Crippen LogP contribution >= 0.6 is 11.6 Å². The number of carbonyl (C=O) groups is 1. The predicted octanol–water partition coefficient (Wildman–Crippen LogP) is 5.93. The van der Waals surface area contributed by atoms with Gasteiger partial charge < -0.3 is 14.5 Å². The number of hydrogen-bond donors (Lipinski definition) is 1. The highest BCUT2D eigenvalue weighted by Crippen LogP contribution is 2.27. The van der Waals surface area contributed by atoms with Crippen LogP contribution in [0.25, 0.3) is 10.9 Å². The lowest BCUT2D eigenvalue weighted by Gasteiger charge is -2.10. The number of hydrogen-bond acceptors (Lipinski definition) is 3. The van der Waals surface area contributed by atoms with Gasteiger partial charge in [0.05, 0.1) is 13.2 Å². The number of aromatic amines is 1. The third kappa shape index (κ3) is 4.33. The van der Waals surface area contributed by atoms with Crippen molar-refractivity contribution in [1.29, 1.82) is 0 Å². The van der Waals surface area contributed by atoms with Crippen molar-refractivity contribution in [2.24, 2.45) is 0 Å². The van der Waals surface area contributed by atoms with Crippen molar-refractivity contribution in [1.82, 2.24) is 4.98 Å². The van der Waals surface area contributed by atoms with Crippen molar-refractivity contribution in [2.75, 3.05) is 13.2 Å². The van der Waals surface area contributed by atoms with Crippen LogP contribution < -0.4 is 4.74 Å². The smallest absolute Gasteiger partial charge is 0.355 e. The van der Waals surface area contributed by atoms with E-state index in [0.717, 1.165) is 56.8 Å². The number of rotatable bonds is 7. The van der Waals surface area contributed by atoms with Gasteiger partial charge in [-0.2, -0.15) is 0 Å². The molecule has 0 fully saturated rings. The number of H-pyrrole nitrogens is 1. The third-order valence-electron chi connectivity index (χ3n) is 4.79. The van der Waals surface area contributed by atoms with Crippen molar-refractivity contribution in [2.45, 2.75) is 40.5 Å². The Kier molecular flexibility index (Phi) is 6.30. The Hall–Kier alpha value is -2.46. The number of ether oxygens (including phenoxy) is 2. The number of aromatic nitrogens is 1. The molecule has 0 atom stereocenters. The molecule has 3 rings (SSSR count). The van der Waals surface area contributed by atoms with E-state index in [-0.39, 0.29) is 5.97 Å². The normalized spacial score (nSPS) is 11.0. The van der Waals surface area contributed by atoms with E-state index < -0.39 is 0 Å². The van der Waals surface area contributed by atoms with Crippen LogP contribution in [0.2, 0.25) is 5.02 Å². The Balaban J connectivity index is 1.74. The molecule has 28 heavy (non-hydrogen) atoms. The Morgan fingerprint density at radius 2 is 1.82 bits per heavy atom. The van der Waals surface area contributed by atoms with Crippen LogP contribution in [0.4, 0.5) is 0 Å². The summed E-state index contributed by atoms with van der Waals surface area (Å²) < 4.78 is 11.1. The van der Waals surface area contributed by atoms with Gasteiger partial charge in [-0.05, 0) is 81.0 Å². The van der Waals surface area contributed by atoms with Crippen molar-refractivity contribution in [3.63, 3.8) is 0 Å². The van der Waals surface area contributed by atoms with Gasteiger partial charge in [0.2, 0.25) is 0 Å². The number of nitrogens with one attached hydrogen (secondary N) is 1. The fourth-order valence-electron chi connectivity index (χ4n) is 3.44. The van der Waals surface area contributed by atoms with Crippen molar-refractivity contribution in [3.8, 4) is 5.75 Å². The number of fused-ring (bicyclic) bond motifs is 1. The van der Waals surface area contributed by atoms with Gasteiger partial charge in [0, 0.05) is 15.9 Å². The first-order chi connectivity index (χ1) is 13.4. The molecule has 0 amide bonds. The first kappa shape index (κ1) is 20.3. The summed E-state index contributed by atoms with van der Waals surface area (Å²) in [5, 5.41) is 1.84. The summed E-state index contributed by atoms with van der Waals surface area (Å²) in [4.78, 5) is 15.6. The topological polar surface area (TPSA) is 51.3 Å². The summed E-state index contributed by atoms with van der Waals surface area (Å²) in [5.74, 6) is 0.510. The molecule has 0 unspecified atom stereocenters. The molecule has 0 aliphatic heterocycles. The van der Waals surface area contributed by atoms with E-state index in [0.29, 0.717) is 18.9 Å². The predicted molar refractivity (Wildman–Crippen MR) is 114 cm³/mol. The van der Waals surface area contributed by atoms with Crippen LogP contribution in [0.3, 0.4) is 0 Å². The monoisotopic (exact) mass is 399 g/mol. The van der Waals surface area contributed by atoms with E-state index >= 15 is 0 Å². The van der Waals surface area contributed by atoms with Gasteiger partial charge in [-0.3, -0.25) is 0 Å². The molecule has 3 aromatic rings. The van der Waals surface area contributed by atoms with Crippen molar-refractivity contribution < 1.29 is 14.3 Å². The lowest BCUT2D eigenvalue weighted by atomic mass is 10.0. The van der Waals surface area contributed by atoms with E-state index in [9.17, 15) is 4.79 Å². The Labute approximate surface area is 170 Å². The molecule has 148 valence electrons. The van der Waals surface area contributed by atoms with Crippen molar-refractivity contribution >= 4 is 28.5 Å². The van der Waals surface area contributed by atoms with Crippen LogP contribution in [0.15, 0.2) is 30.3 Å². The molecular weight excluding hydrogens is 374 g/mol. The largest absolute Gasteiger partial charge is 0.494 e. The lowest BCUT2D eigenvalue weighted by molar-refractivity contribution is 0.0519. The molecule has 0 bridgehead atoms. The van der Waals surface area contributed by atoms with E-state index in [1.54, 1.807) is 0 Å². The SMILES string of the molecule is CCOC(=O)c1[nH]c2cc(C)ccc2c1CCCOc1cc(C)c(Cl)c(C)c1.